The Hall–Kier alpha value is -1.43. The summed E-state index contributed by atoms with van der Waals surface area (Å²) in [5.74, 6) is 1.31. The van der Waals surface area contributed by atoms with Crippen LogP contribution < -0.4 is 4.65 Å². The molecule has 2 rings (SSSR count). The van der Waals surface area contributed by atoms with E-state index in [9.17, 15) is 0 Å². The summed E-state index contributed by atoms with van der Waals surface area (Å²) in [5.41, 5.74) is 1.25. The lowest BCUT2D eigenvalue weighted by atomic mass is 10.2. The number of thioether (sulfide) groups is 1. The fourth-order valence-corrected chi connectivity index (χ4v) is 2.40. The second-order valence-corrected chi connectivity index (χ2v) is 4.74. The van der Waals surface area contributed by atoms with Crippen LogP contribution >= 0.6 is 11.8 Å². The van der Waals surface area contributed by atoms with E-state index in [1.165, 1.54) is 5.56 Å². The van der Waals surface area contributed by atoms with Crippen molar-refractivity contribution in [1.29, 1.82) is 0 Å². The lowest BCUT2D eigenvalue weighted by Crippen LogP contribution is -2.20. The summed E-state index contributed by atoms with van der Waals surface area (Å²) in [7, 11) is -1.78. The van der Waals surface area contributed by atoms with Crippen molar-refractivity contribution in [3.8, 4) is 5.75 Å². The van der Waals surface area contributed by atoms with Crippen LogP contribution in [-0.2, 0) is 5.75 Å². The van der Waals surface area contributed by atoms with Crippen molar-refractivity contribution >= 4 is 19.1 Å². The van der Waals surface area contributed by atoms with Gasteiger partial charge in [-0.2, -0.15) is 0 Å². The Morgan fingerprint density at radius 2 is 1.78 bits per heavy atom. The van der Waals surface area contributed by atoms with E-state index in [0.29, 0.717) is 5.75 Å². The van der Waals surface area contributed by atoms with Crippen molar-refractivity contribution in [1.82, 2.24) is 0 Å². The molecule has 3 nitrogen and oxygen atoms in total. The maximum absolute atomic E-state index is 8.73. The van der Waals surface area contributed by atoms with Gasteiger partial charge in [0.15, 0.2) is 0 Å². The third-order valence-corrected chi connectivity index (χ3v) is 3.36. The first-order valence-electron chi connectivity index (χ1n) is 5.53. The van der Waals surface area contributed by atoms with Crippen LogP contribution in [0.5, 0.6) is 5.75 Å². The Balaban J connectivity index is 1.97. The summed E-state index contributed by atoms with van der Waals surface area (Å²) in [6.07, 6.45) is 0. The normalized spacial score (nSPS) is 10.1. The van der Waals surface area contributed by atoms with Crippen LogP contribution in [0.25, 0.3) is 0 Å². The van der Waals surface area contributed by atoms with Crippen molar-refractivity contribution < 1.29 is 14.7 Å². The summed E-state index contributed by atoms with van der Waals surface area (Å²) in [6, 6.07) is 17.4. The largest absolute Gasteiger partial charge is 0.707 e. The molecule has 2 N–H and O–H groups in total. The average molecular weight is 260 g/mol. The van der Waals surface area contributed by atoms with Crippen molar-refractivity contribution in [2.45, 2.75) is 10.6 Å². The van der Waals surface area contributed by atoms with Crippen LogP contribution in [0.1, 0.15) is 5.56 Å². The minimum absolute atomic E-state index is 0.447. The molecule has 5 heteroatoms. The first kappa shape index (κ1) is 13.0. The summed E-state index contributed by atoms with van der Waals surface area (Å²) in [4.78, 5) is 1.03. The fourth-order valence-electron chi connectivity index (χ4n) is 1.50. The van der Waals surface area contributed by atoms with Crippen molar-refractivity contribution in [3.05, 3.63) is 60.2 Å². The monoisotopic (exact) mass is 260 g/mol. The Bertz CT molecular complexity index is 491. The van der Waals surface area contributed by atoms with Gasteiger partial charge in [-0.15, -0.1) is 11.8 Å². The Labute approximate surface area is 111 Å². The zero-order chi connectivity index (χ0) is 12.8. The molecule has 0 radical (unpaired) electrons. The molecule has 0 heterocycles. The van der Waals surface area contributed by atoms with Gasteiger partial charge in [-0.1, -0.05) is 36.4 Å². The molecule has 0 bridgehead atoms. The molecule has 2 aromatic rings. The predicted octanol–water partition coefficient (Wildman–Crippen LogP) is 2.33. The molecule has 92 valence electrons. The number of rotatable bonds is 5. The highest BCUT2D eigenvalue weighted by Gasteiger charge is 2.11. The molecule has 0 aliphatic carbocycles. The lowest BCUT2D eigenvalue weighted by Gasteiger charge is -2.07. The van der Waals surface area contributed by atoms with E-state index >= 15 is 0 Å². The number of benzene rings is 2. The smallest absolute Gasteiger partial charge is 0.512 e. The summed E-state index contributed by atoms with van der Waals surface area (Å²) in [5, 5.41) is 17.5. The van der Waals surface area contributed by atoms with Crippen LogP contribution in [0.4, 0.5) is 0 Å². The molecular weight excluding hydrogens is 247 g/mol. The van der Waals surface area contributed by atoms with Crippen LogP contribution in [0.15, 0.2) is 59.5 Å². The van der Waals surface area contributed by atoms with Gasteiger partial charge in [0.25, 0.3) is 0 Å². The molecule has 0 fully saturated rings. The molecule has 0 saturated carbocycles. The van der Waals surface area contributed by atoms with E-state index in [1.54, 1.807) is 23.9 Å². The summed E-state index contributed by atoms with van der Waals surface area (Å²) >= 11 is 1.67. The van der Waals surface area contributed by atoms with Gasteiger partial charge in [0.05, 0.1) is 0 Å². The zero-order valence-electron chi connectivity index (χ0n) is 9.69. The third-order valence-electron chi connectivity index (χ3n) is 2.30. The Kier molecular flexibility index (Phi) is 4.69. The van der Waals surface area contributed by atoms with E-state index in [0.717, 1.165) is 10.6 Å². The maximum atomic E-state index is 8.73. The molecule has 0 spiro atoms. The second kappa shape index (κ2) is 6.49. The van der Waals surface area contributed by atoms with E-state index in [2.05, 4.69) is 12.1 Å². The minimum atomic E-state index is -1.78. The predicted molar refractivity (Wildman–Crippen MR) is 73.3 cm³/mol. The first-order chi connectivity index (χ1) is 8.74. The Morgan fingerprint density at radius 3 is 2.50 bits per heavy atom. The third kappa shape index (κ3) is 4.11. The van der Waals surface area contributed by atoms with Gasteiger partial charge in [-0.3, -0.25) is 0 Å². The molecule has 0 unspecified atom stereocenters. The van der Waals surface area contributed by atoms with Crippen LogP contribution in [0.3, 0.4) is 0 Å². The molecule has 0 atom stereocenters. The van der Waals surface area contributed by atoms with Gasteiger partial charge < -0.3 is 14.7 Å². The van der Waals surface area contributed by atoms with Crippen molar-refractivity contribution in [2.24, 2.45) is 0 Å². The van der Waals surface area contributed by atoms with E-state index < -0.39 is 7.32 Å². The second-order valence-electron chi connectivity index (χ2n) is 3.69. The number of hydrogen-bond donors (Lipinski definition) is 2. The van der Waals surface area contributed by atoms with Gasteiger partial charge in [0, 0.05) is 10.6 Å². The van der Waals surface area contributed by atoms with Gasteiger partial charge in [-0.05, 0) is 23.8 Å². The van der Waals surface area contributed by atoms with Gasteiger partial charge in [-0.25, -0.2) is 0 Å². The SMILES string of the molecule is OB(O)Oc1cccc(SCc2ccccc2)c1. The maximum Gasteiger partial charge on any atom is 0.707 e. The quantitative estimate of drug-likeness (QED) is 0.640. The van der Waals surface area contributed by atoms with Crippen molar-refractivity contribution in [2.75, 3.05) is 0 Å². The molecular formula is C13H13BO3S. The van der Waals surface area contributed by atoms with Crippen LogP contribution in [0, 0.1) is 0 Å². The van der Waals surface area contributed by atoms with E-state index in [4.69, 9.17) is 14.7 Å². The molecule has 18 heavy (non-hydrogen) atoms. The molecule has 0 aromatic heterocycles. The van der Waals surface area contributed by atoms with Crippen LogP contribution in [-0.4, -0.2) is 17.4 Å². The highest BCUT2D eigenvalue weighted by atomic mass is 32.2. The lowest BCUT2D eigenvalue weighted by molar-refractivity contribution is 0.288. The topological polar surface area (TPSA) is 49.7 Å². The van der Waals surface area contributed by atoms with E-state index in [1.807, 2.05) is 30.3 Å². The minimum Gasteiger partial charge on any atom is -0.512 e. The zero-order valence-corrected chi connectivity index (χ0v) is 10.5. The Morgan fingerprint density at radius 1 is 1.00 bits per heavy atom. The van der Waals surface area contributed by atoms with Gasteiger partial charge in [0.2, 0.25) is 0 Å². The fraction of sp³-hybridized carbons (Fsp3) is 0.0769. The van der Waals surface area contributed by atoms with Crippen LogP contribution in [0.2, 0.25) is 0 Å². The summed E-state index contributed by atoms with van der Waals surface area (Å²) in [6.45, 7) is 0. The molecule has 0 aliphatic heterocycles. The molecule has 2 aromatic carbocycles. The number of hydrogen-bond acceptors (Lipinski definition) is 4. The van der Waals surface area contributed by atoms with E-state index in [-0.39, 0.29) is 0 Å². The molecule has 0 saturated heterocycles. The molecule has 0 aliphatic rings. The van der Waals surface area contributed by atoms with Gasteiger partial charge in [0.1, 0.15) is 5.75 Å². The highest BCUT2D eigenvalue weighted by Crippen LogP contribution is 2.26. The standard InChI is InChI=1S/C13H13BO3S/c15-14(16)17-12-7-4-8-13(9-12)18-10-11-5-2-1-3-6-11/h1-9,15-16H,10H2. The first-order valence-corrected chi connectivity index (χ1v) is 6.52. The highest BCUT2D eigenvalue weighted by molar-refractivity contribution is 7.98. The summed E-state index contributed by atoms with van der Waals surface area (Å²) < 4.78 is 4.80. The van der Waals surface area contributed by atoms with Crippen molar-refractivity contribution in [3.63, 3.8) is 0 Å². The van der Waals surface area contributed by atoms with Gasteiger partial charge >= 0.3 is 7.32 Å². The average Bonchev–Trinajstić information content (AvgIpc) is 2.37. The molecule has 0 amide bonds.